The van der Waals surface area contributed by atoms with Crippen LogP contribution in [0.5, 0.6) is 0 Å². The van der Waals surface area contributed by atoms with Crippen LogP contribution in [-0.4, -0.2) is 30.4 Å². The van der Waals surface area contributed by atoms with Gasteiger partial charge >= 0.3 is 5.76 Å². The first kappa shape index (κ1) is 19.5. The van der Waals surface area contributed by atoms with Crippen LogP contribution in [0.15, 0.2) is 33.5 Å². The molecule has 1 N–H and O–H groups in total. The van der Waals surface area contributed by atoms with E-state index in [1.807, 2.05) is 0 Å². The van der Waals surface area contributed by atoms with E-state index in [0.29, 0.717) is 11.8 Å². The normalized spacial score (nSPS) is 16.1. The van der Waals surface area contributed by atoms with E-state index in [1.54, 1.807) is 12.1 Å². The molecule has 0 atom stereocenters. The zero-order valence-electron chi connectivity index (χ0n) is 13.9. The zero-order chi connectivity index (χ0) is 18.6. The largest absolute Gasteiger partial charge is 0.357 e. The average molecular weight is 420 g/mol. The van der Waals surface area contributed by atoms with E-state index in [2.05, 4.69) is 15.5 Å². The van der Waals surface area contributed by atoms with Gasteiger partial charge in [0.05, 0.1) is 4.90 Å². The Morgan fingerprint density at radius 1 is 1.15 bits per heavy atom. The highest BCUT2D eigenvalue weighted by Gasteiger charge is 2.26. The standard InChI is InChI=1S/C16H19F2N3O2S3/c17-14(18)26(22,23)13-8-6-11(7-9-13)10-24-16-21-20-15(25-16)19-12-4-2-1-3-5-12/h6-9,12,14H,1-5,10H2,(H,19,20). The summed E-state index contributed by atoms with van der Waals surface area (Å²) in [7, 11) is -4.54. The lowest BCUT2D eigenvalue weighted by Gasteiger charge is -2.21. The van der Waals surface area contributed by atoms with Crippen LogP contribution >= 0.6 is 23.1 Å². The van der Waals surface area contributed by atoms with Crippen molar-refractivity contribution >= 4 is 38.1 Å². The fraction of sp³-hybridized carbons (Fsp3) is 0.500. The van der Waals surface area contributed by atoms with Crippen molar-refractivity contribution in [1.82, 2.24) is 10.2 Å². The maximum Gasteiger partial charge on any atom is 0.341 e. The second-order valence-corrected chi connectivity index (χ2v) is 10.2. The summed E-state index contributed by atoms with van der Waals surface area (Å²) in [6.07, 6.45) is 6.11. The molecule has 0 saturated heterocycles. The fourth-order valence-electron chi connectivity index (χ4n) is 2.77. The number of hydrogen-bond acceptors (Lipinski definition) is 7. The van der Waals surface area contributed by atoms with Crippen LogP contribution in [-0.2, 0) is 15.6 Å². The average Bonchev–Trinajstić information content (AvgIpc) is 3.08. The summed E-state index contributed by atoms with van der Waals surface area (Å²) in [6, 6.07) is 6.00. The molecule has 10 heteroatoms. The molecule has 0 spiro atoms. The quantitative estimate of drug-likeness (QED) is 0.663. The first-order valence-electron chi connectivity index (χ1n) is 8.29. The number of sulfone groups is 1. The van der Waals surface area contributed by atoms with Gasteiger partial charge in [0.25, 0.3) is 0 Å². The summed E-state index contributed by atoms with van der Waals surface area (Å²) < 4.78 is 48.7. The Morgan fingerprint density at radius 3 is 2.50 bits per heavy atom. The highest BCUT2D eigenvalue weighted by molar-refractivity contribution is 8.00. The molecule has 0 bridgehead atoms. The topological polar surface area (TPSA) is 72.0 Å². The molecule has 142 valence electrons. The summed E-state index contributed by atoms with van der Waals surface area (Å²) in [4.78, 5) is -0.365. The van der Waals surface area contributed by atoms with E-state index in [1.165, 1.54) is 54.5 Å². The summed E-state index contributed by atoms with van der Waals surface area (Å²) in [5.41, 5.74) is 0.834. The van der Waals surface area contributed by atoms with Gasteiger partial charge in [0.1, 0.15) is 0 Å². The van der Waals surface area contributed by atoms with Gasteiger partial charge in [-0.15, -0.1) is 10.2 Å². The number of benzene rings is 1. The fourth-order valence-corrected chi connectivity index (χ4v) is 5.28. The van der Waals surface area contributed by atoms with Crippen LogP contribution in [0.2, 0.25) is 0 Å². The molecule has 1 heterocycles. The van der Waals surface area contributed by atoms with E-state index >= 15 is 0 Å². The summed E-state index contributed by atoms with van der Waals surface area (Å²) in [5, 5.41) is 12.6. The lowest BCUT2D eigenvalue weighted by atomic mass is 9.96. The minimum atomic E-state index is -4.54. The highest BCUT2D eigenvalue weighted by Crippen LogP contribution is 2.30. The SMILES string of the molecule is O=S(=O)(c1ccc(CSc2nnc(NC3CCCCC3)s2)cc1)C(F)F. The van der Waals surface area contributed by atoms with E-state index < -0.39 is 15.6 Å². The van der Waals surface area contributed by atoms with Gasteiger partial charge in [0.2, 0.25) is 15.0 Å². The van der Waals surface area contributed by atoms with Crippen LogP contribution in [0.4, 0.5) is 13.9 Å². The van der Waals surface area contributed by atoms with Crippen molar-refractivity contribution in [2.45, 2.75) is 58.9 Å². The number of halogens is 2. The maximum absolute atomic E-state index is 12.5. The molecule has 0 amide bonds. The predicted octanol–water partition coefficient (Wildman–Crippen LogP) is 4.57. The molecule has 3 rings (SSSR count). The number of alkyl halides is 2. The Labute approximate surface area is 159 Å². The summed E-state index contributed by atoms with van der Waals surface area (Å²) in [6.45, 7) is 0. The zero-order valence-corrected chi connectivity index (χ0v) is 16.3. The van der Waals surface area contributed by atoms with Crippen LogP contribution in [0, 0.1) is 0 Å². The minimum absolute atomic E-state index is 0.365. The van der Waals surface area contributed by atoms with E-state index in [-0.39, 0.29) is 4.90 Å². The smallest absolute Gasteiger partial charge is 0.341 e. The summed E-state index contributed by atoms with van der Waals surface area (Å²) >= 11 is 2.98. The Bertz CT molecular complexity index is 820. The van der Waals surface area contributed by atoms with Crippen LogP contribution in [0.25, 0.3) is 0 Å². The minimum Gasteiger partial charge on any atom is -0.357 e. The number of anilines is 1. The molecule has 26 heavy (non-hydrogen) atoms. The van der Waals surface area contributed by atoms with Gasteiger partial charge in [-0.25, -0.2) is 8.42 Å². The van der Waals surface area contributed by atoms with Gasteiger partial charge in [-0.1, -0.05) is 54.5 Å². The number of aromatic nitrogens is 2. The van der Waals surface area contributed by atoms with Gasteiger partial charge in [-0.3, -0.25) is 0 Å². The molecule has 2 aromatic rings. The van der Waals surface area contributed by atoms with Crippen molar-refractivity contribution < 1.29 is 17.2 Å². The molecule has 1 saturated carbocycles. The molecule has 1 fully saturated rings. The molecule has 1 aromatic carbocycles. The van der Waals surface area contributed by atoms with E-state index in [4.69, 9.17) is 0 Å². The predicted molar refractivity (Wildman–Crippen MR) is 99.6 cm³/mol. The number of hydrogen-bond donors (Lipinski definition) is 1. The monoisotopic (exact) mass is 419 g/mol. The molecular weight excluding hydrogens is 400 g/mol. The van der Waals surface area contributed by atoms with Crippen LogP contribution in [0.3, 0.4) is 0 Å². The van der Waals surface area contributed by atoms with Crippen molar-refractivity contribution in [3.05, 3.63) is 29.8 Å². The van der Waals surface area contributed by atoms with Gasteiger partial charge in [0, 0.05) is 11.8 Å². The van der Waals surface area contributed by atoms with E-state index in [0.717, 1.165) is 27.9 Å². The Hall–Kier alpha value is -1.26. The molecule has 0 unspecified atom stereocenters. The van der Waals surface area contributed by atoms with Crippen LogP contribution in [0.1, 0.15) is 37.7 Å². The summed E-state index contributed by atoms with van der Waals surface area (Å²) in [5.74, 6) is -2.84. The van der Waals surface area contributed by atoms with Gasteiger partial charge in [-0.05, 0) is 30.5 Å². The first-order chi connectivity index (χ1) is 12.4. The number of thioether (sulfide) groups is 1. The van der Waals surface area contributed by atoms with E-state index in [9.17, 15) is 17.2 Å². The second-order valence-electron chi connectivity index (χ2n) is 6.09. The van der Waals surface area contributed by atoms with Gasteiger partial charge in [0.15, 0.2) is 4.34 Å². The maximum atomic E-state index is 12.5. The van der Waals surface area contributed by atoms with Gasteiger partial charge in [-0.2, -0.15) is 8.78 Å². The second kappa shape index (κ2) is 8.62. The molecule has 0 aliphatic heterocycles. The van der Waals surface area contributed by atoms with Crippen molar-refractivity contribution in [3.8, 4) is 0 Å². The third kappa shape index (κ3) is 4.92. The lowest BCUT2D eigenvalue weighted by molar-refractivity contribution is 0.234. The molecule has 1 aromatic heterocycles. The van der Waals surface area contributed by atoms with Gasteiger partial charge < -0.3 is 5.32 Å². The van der Waals surface area contributed by atoms with Crippen molar-refractivity contribution in [2.24, 2.45) is 0 Å². The first-order valence-corrected chi connectivity index (χ1v) is 11.6. The third-order valence-electron chi connectivity index (χ3n) is 4.19. The Kier molecular flexibility index (Phi) is 6.46. The van der Waals surface area contributed by atoms with Crippen molar-refractivity contribution in [3.63, 3.8) is 0 Å². The number of nitrogens with zero attached hydrogens (tertiary/aromatic N) is 2. The molecule has 1 aliphatic rings. The number of nitrogens with one attached hydrogen (secondary N) is 1. The Balaban J connectivity index is 1.54. The Morgan fingerprint density at radius 2 is 1.85 bits per heavy atom. The van der Waals surface area contributed by atoms with Crippen molar-refractivity contribution in [2.75, 3.05) is 5.32 Å². The number of rotatable bonds is 7. The van der Waals surface area contributed by atoms with Crippen LogP contribution < -0.4 is 5.32 Å². The molecule has 1 aliphatic carbocycles. The molecule has 0 radical (unpaired) electrons. The lowest BCUT2D eigenvalue weighted by Crippen LogP contribution is -2.21. The third-order valence-corrected chi connectivity index (χ3v) is 7.65. The molecule has 5 nitrogen and oxygen atoms in total. The molecular formula is C16H19F2N3O2S3. The highest BCUT2D eigenvalue weighted by atomic mass is 32.2. The van der Waals surface area contributed by atoms with Crippen molar-refractivity contribution in [1.29, 1.82) is 0 Å².